The van der Waals surface area contributed by atoms with Gasteiger partial charge in [0.25, 0.3) is 0 Å². The molecule has 1 aromatic heterocycles. The molecule has 2 nitrogen and oxygen atoms in total. The molecule has 295 valence electrons. The zero-order chi connectivity index (χ0) is 38.7. The van der Waals surface area contributed by atoms with E-state index in [9.17, 15) is 0 Å². The van der Waals surface area contributed by atoms with Crippen molar-refractivity contribution in [3.63, 3.8) is 0 Å². The van der Waals surface area contributed by atoms with E-state index in [1.807, 2.05) is 81.5 Å². The SMILES string of the molecule is C[C@@H](N)c1cccc(-c2[c-]cccc2)n1.C[C@@H]([C]1[CH][CH][CH][C]1P(c1ccccc1)c1ccccc1)P(C1CCCCC1)C1CCCCC1.[CH]1[CH][CH][CH][CH]1.[Cl][Os].[Fe+2]. The van der Waals surface area contributed by atoms with Gasteiger partial charge in [-0.15, -0.1) is 35.9 Å². The number of hydrogen-bond acceptors (Lipinski definition) is 2. The molecule has 0 spiro atoms. The summed E-state index contributed by atoms with van der Waals surface area (Å²) in [5.74, 6) is 1.68. The molecule has 0 amide bonds. The second-order valence-corrected chi connectivity index (χ2v) is 19.9. The Labute approximate surface area is 369 Å². The summed E-state index contributed by atoms with van der Waals surface area (Å²) >= 11 is 1.33. The van der Waals surface area contributed by atoms with Crippen molar-refractivity contribution >= 4 is 36.1 Å². The van der Waals surface area contributed by atoms with Gasteiger partial charge in [-0.2, -0.15) is 0 Å². The molecule has 56 heavy (non-hydrogen) atoms. The Kier molecular flexibility index (Phi) is 23.0. The van der Waals surface area contributed by atoms with Gasteiger partial charge in [0.2, 0.25) is 0 Å². The van der Waals surface area contributed by atoms with E-state index < -0.39 is 7.92 Å². The summed E-state index contributed by atoms with van der Waals surface area (Å²) in [7, 11) is 4.18. The van der Waals surface area contributed by atoms with Gasteiger partial charge in [0, 0.05) is 17.4 Å². The summed E-state index contributed by atoms with van der Waals surface area (Å²) in [6, 6.07) is 39.4. The molecule has 2 N–H and O–H groups in total. The number of hydrogen-bond donors (Lipinski definition) is 1. The van der Waals surface area contributed by atoms with Crippen LogP contribution in [0.15, 0.2) is 103 Å². The Morgan fingerprint density at radius 1 is 0.643 bits per heavy atom. The molecule has 4 fully saturated rings. The molecule has 2 atom stereocenters. The molecule has 10 radical (unpaired) electrons. The van der Waals surface area contributed by atoms with Gasteiger partial charge in [0.05, 0.1) is 0 Å². The number of aromatic nitrogens is 1. The monoisotopic (exact) mass is 1020 g/mol. The third-order valence-electron chi connectivity index (χ3n) is 10.8. The second-order valence-electron chi connectivity index (χ2n) is 14.6. The number of halogens is 1. The Hall–Kier alpha value is -0.924. The quantitative estimate of drug-likeness (QED) is 0.103. The van der Waals surface area contributed by atoms with Crippen molar-refractivity contribution in [2.45, 2.75) is 101 Å². The summed E-state index contributed by atoms with van der Waals surface area (Å²) < 4.78 is 0. The van der Waals surface area contributed by atoms with Crippen molar-refractivity contribution in [3.05, 3.63) is 178 Å². The molecule has 4 saturated carbocycles. The third-order valence-corrected chi connectivity index (χ3v) is 17.2. The van der Waals surface area contributed by atoms with Crippen molar-refractivity contribution in [1.29, 1.82) is 0 Å². The molecule has 3 aromatic carbocycles. The van der Waals surface area contributed by atoms with Crippen LogP contribution < -0.4 is 16.3 Å². The number of pyridine rings is 1. The molecular formula is C49H57ClFeN2OsP2+. The fourth-order valence-corrected chi connectivity index (χ4v) is 15.1. The van der Waals surface area contributed by atoms with Crippen LogP contribution >= 0.6 is 25.5 Å². The van der Waals surface area contributed by atoms with Crippen LogP contribution in [-0.4, -0.2) is 22.0 Å². The molecule has 7 heteroatoms. The maximum Gasteiger partial charge on any atom is 2.00 e. The summed E-state index contributed by atoms with van der Waals surface area (Å²) in [4.78, 5) is 4.49. The van der Waals surface area contributed by atoms with Gasteiger partial charge < -0.3 is 5.73 Å². The van der Waals surface area contributed by atoms with E-state index in [-0.39, 0.29) is 31.0 Å². The average molecular weight is 1020 g/mol. The minimum atomic E-state index is -0.511. The van der Waals surface area contributed by atoms with Gasteiger partial charge in [0.1, 0.15) is 0 Å². The van der Waals surface area contributed by atoms with Crippen molar-refractivity contribution in [2.24, 2.45) is 5.73 Å². The van der Waals surface area contributed by atoms with Crippen LogP contribution in [0.2, 0.25) is 0 Å². The first kappa shape index (κ1) is 47.8. The predicted octanol–water partition coefficient (Wildman–Crippen LogP) is 12.7. The van der Waals surface area contributed by atoms with Gasteiger partial charge >= 0.3 is 44.3 Å². The first-order valence-electron chi connectivity index (χ1n) is 20.0. The van der Waals surface area contributed by atoms with Crippen molar-refractivity contribution in [3.8, 4) is 11.3 Å². The average Bonchev–Trinajstić information content (AvgIpc) is 4.01. The summed E-state index contributed by atoms with van der Waals surface area (Å²) in [6.45, 7) is 4.55. The van der Waals surface area contributed by atoms with E-state index in [0.29, 0.717) is 5.66 Å². The normalized spacial score (nSPS) is 19.1. The van der Waals surface area contributed by atoms with Crippen LogP contribution in [0.3, 0.4) is 0 Å². The number of benzene rings is 3. The van der Waals surface area contributed by atoms with E-state index in [1.54, 1.807) is 11.6 Å². The van der Waals surface area contributed by atoms with Crippen LogP contribution in [0.1, 0.15) is 89.8 Å². The van der Waals surface area contributed by atoms with Gasteiger partial charge in [-0.05, 0) is 137 Å². The third kappa shape index (κ3) is 14.4. The van der Waals surface area contributed by atoms with Crippen LogP contribution in [0.25, 0.3) is 11.3 Å². The zero-order valence-corrected chi connectivity index (χ0v) is 39.0. The molecular weight excluding hydrogens is 960 g/mol. The molecule has 4 aliphatic carbocycles. The van der Waals surface area contributed by atoms with Crippen LogP contribution in [0, 0.1) is 69.0 Å². The molecule has 1 heterocycles. The topological polar surface area (TPSA) is 38.9 Å². The molecule has 0 saturated heterocycles. The summed E-state index contributed by atoms with van der Waals surface area (Å²) in [5, 5.41) is 2.97. The van der Waals surface area contributed by atoms with Crippen molar-refractivity contribution in [1.82, 2.24) is 4.98 Å². The van der Waals surface area contributed by atoms with Crippen LogP contribution in [0.4, 0.5) is 0 Å². The maximum atomic E-state index is 5.79. The minimum absolute atomic E-state index is 0. The van der Waals surface area contributed by atoms with Gasteiger partial charge in [0.15, 0.2) is 0 Å². The van der Waals surface area contributed by atoms with E-state index in [1.165, 1.54) is 92.4 Å². The van der Waals surface area contributed by atoms with Crippen LogP contribution in [0.5, 0.6) is 0 Å². The maximum absolute atomic E-state index is 5.79. The number of nitrogens with zero attached hydrogens (tertiary/aromatic N) is 1. The van der Waals surface area contributed by atoms with Gasteiger partial charge in [-0.25, -0.2) is 0 Å². The molecule has 4 aliphatic rings. The molecule has 8 rings (SSSR count). The van der Waals surface area contributed by atoms with Crippen LogP contribution in [-0.2, 0) is 34.7 Å². The fourth-order valence-electron chi connectivity index (χ4n) is 8.14. The fraction of sp³-hybridized carbons (Fsp3) is 0.327. The largest absolute Gasteiger partial charge is 2.00 e. The molecule has 0 unspecified atom stereocenters. The smallest absolute Gasteiger partial charge is 2.00 e. The molecule has 0 bridgehead atoms. The predicted molar refractivity (Wildman–Crippen MR) is 237 cm³/mol. The van der Waals surface area contributed by atoms with E-state index in [2.05, 4.69) is 108 Å². The Morgan fingerprint density at radius 3 is 1.64 bits per heavy atom. The van der Waals surface area contributed by atoms with Crippen molar-refractivity contribution < 1.29 is 34.7 Å². The molecule has 0 aliphatic heterocycles. The zero-order valence-electron chi connectivity index (χ0n) is 32.8. The number of rotatable bonds is 9. The van der Waals surface area contributed by atoms with E-state index >= 15 is 0 Å². The van der Waals surface area contributed by atoms with Gasteiger partial charge in [-0.1, -0.05) is 126 Å². The second kappa shape index (κ2) is 27.0. The Morgan fingerprint density at radius 2 is 1.16 bits per heavy atom. The first-order valence-corrected chi connectivity index (χ1v) is 26.1. The summed E-state index contributed by atoms with van der Waals surface area (Å²) in [6.07, 6.45) is 32.1. The Bertz CT molecular complexity index is 1520. The standard InChI is InChI=1S/C31H39P2.C13H13N2.C5H5.ClH.Fe.Os/c1-25(32(26-15-6-2-7-16-26)27-17-8-3-9-18-27)30-23-14-24-31(30)33(28-19-10-4-11-20-28)29-21-12-5-13-22-29;1-10(14)12-8-5-9-13(15-12)11-6-3-2-4-7-11;1-2-4-5-3-1;;;/h4-5,10-14,19-27H,2-3,6-9,15-18H2,1H3;2-6,8-10H,14H2,1H3;1-5H;1H;;/q;-1;;;+2;+1/p-1/t25-;10-;;;;/m01..../s1. The minimum Gasteiger partial charge on any atom is 2.00 e. The Balaban J connectivity index is 0.000000250. The summed E-state index contributed by atoms with van der Waals surface area (Å²) in [5.41, 5.74) is 12.9. The van der Waals surface area contributed by atoms with Crippen molar-refractivity contribution in [2.75, 3.05) is 0 Å². The van der Waals surface area contributed by atoms with E-state index in [0.717, 1.165) is 28.3 Å². The van der Waals surface area contributed by atoms with Gasteiger partial charge in [-0.3, -0.25) is 4.98 Å². The van der Waals surface area contributed by atoms with E-state index in [4.69, 9.17) is 5.73 Å². The first-order chi connectivity index (χ1) is 27.1. The number of nitrogens with two attached hydrogens (primary N) is 1. The molecule has 4 aromatic rings.